The summed E-state index contributed by atoms with van der Waals surface area (Å²) >= 11 is 0. The number of nitrogens with one attached hydrogen (secondary N) is 1. The van der Waals surface area contributed by atoms with Crippen molar-refractivity contribution in [2.75, 3.05) is 6.61 Å². The van der Waals surface area contributed by atoms with Crippen molar-refractivity contribution in [2.45, 2.75) is 38.8 Å². The predicted molar refractivity (Wildman–Crippen MR) is 67.4 cm³/mol. The first-order chi connectivity index (χ1) is 8.84. The molecule has 8 heteroatoms. The van der Waals surface area contributed by atoms with Gasteiger partial charge in [-0.15, -0.1) is 0 Å². The monoisotopic (exact) mass is 270 g/mol. The number of carbonyl (C=O) groups excluding carboxylic acids is 1. The number of rotatable bonds is 7. The van der Waals surface area contributed by atoms with Crippen LogP contribution in [0.5, 0.6) is 0 Å². The molecule has 0 saturated heterocycles. The van der Waals surface area contributed by atoms with Crippen molar-refractivity contribution in [3.8, 4) is 0 Å². The highest BCUT2D eigenvalue weighted by molar-refractivity contribution is 5.76. The SMILES string of the molecule is CC(C)(CCO)NC(=O)CCn1cnc([N+](=O)[O-])c1. The molecule has 0 unspecified atom stereocenters. The zero-order valence-corrected chi connectivity index (χ0v) is 11.0. The van der Waals surface area contributed by atoms with E-state index >= 15 is 0 Å². The van der Waals surface area contributed by atoms with Crippen molar-refractivity contribution in [2.24, 2.45) is 0 Å². The van der Waals surface area contributed by atoms with E-state index in [0.717, 1.165) is 0 Å². The first-order valence-corrected chi connectivity index (χ1v) is 5.92. The summed E-state index contributed by atoms with van der Waals surface area (Å²) in [6, 6.07) is 0. The van der Waals surface area contributed by atoms with E-state index in [1.165, 1.54) is 17.1 Å². The zero-order chi connectivity index (χ0) is 14.5. The van der Waals surface area contributed by atoms with E-state index in [1.54, 1.807) is 0 Å². The molecule has 2 N–H and O–H groups in total. The van der Waals surface area contributed by atoms with E-state index in [-0.39, 0.29) is 24.8 Å². The second-order valence-electron chi connectivity index (χ2n) is 4.88. The molecule has 1 aromatic rings. The third kappa shape index (κ3) is 5.04. The molecule has 0 aliphatic rings. The largest absolute Gasteiger partial charge is 0.396 e. The summed E-state index contributed by atoms with van der Waals surface area (Å²) in [6.07, 6.45) is 3.27. The Kier molecular flexibility index (Phi) is 4.99. The van der Waals surface area contributed by atoms with Gasteiger partial charge in [-0.1, -0.05) is 0 Å². The second kappa shape index (κ2) is 6.28. The summed E-state index contributed by atoms with van der Waals surface area (Å²) in [4.78, 5) is 25.1. The molecule has 1 amide bonds. The highest BCUT2D eigenvalue weighted by Gasteiger charge is 2.19. The Morgan fingerprint density at radius 1 is 1.63 bits per heavy atom. The Bertz CT molecular complexity index is 455. The molecule has 0 aliphatic heterocycles. The molecule has 0 bridgehead atoms. The van der Waals surface area contributed by atoms with Crippen LogP contribution in [0.25, 0.3) is 0 Å². The normalized spacial score (nSPS) is 11.3. The van der Waals surface area contributed by atoms with Gasteiger partial charge in [0.15, 0.2) is 0 Å². The lowest BCUT2D eigenvalue weighted by Crippen LogP contribution is -2.44. The van der Waals surface area contributed by atoms with Gasteiger partial charge in [0.2, 0.25) is 12.2 Å². The standard InChI is InChI=1S/C11H18N4O4/c1-11(2,4-6-16)13-10(17)3-5-14-7-9(12-8-14)15(18)19/h7-8,16H,3-6H2,1-2H3,(H,13,17). The lowest BCUT2D eigenvalue weighted by Gasteiger charge is -2.25. The Morgan fingerprint density at radius 3 is 2.84 bits per heavy atom. The number of imidazole rings is 1. The molecule has 0 saturated carbocycles. The average molecular weight is 270 g/mol. The van der Waals surface area contributed by atoms with Crippen molar-refractivity contribution in [3.63, 3.8) is 0 Å². The Morgan fingerprint density at radius 2 is 2.32 bits per heavy atom. The fourth-order valence-electron chi connectivity index (χ4n) is 1.58. The number of aromatic nitrogens is 2. The van der Waals surface area contributed by atoms with Crippen LogP contribution in [0.15, 0.2) is 12.5 Å². The molecule has 0 spiro atoms. The fourth-order valence-corrected chi connectivity index (χ4v) is 1.58. The molecule has 1 heterocycles. The lowest BCUT2D eigenvalue weighted by atomic mass is 10.0. The molecule has 8 nitrogen and oxygen atoms in total. The highest BCUT2D eigenvalue weighted by atomic mass is 16.6. The smallest absolute Gasteiger partial charge is 0.381 e. The highest BCUT2D eigenvalue weighted by Crippen LogP contribution is 2.09. The molecule has 0 aromatic carbocycles. The Hall–Kier alpha value is -1.96. The van der Waals surface area contributed by atoms with E-state index in [9.17, 15) is 14.9 Å². The topological polar surface area (TPSA) is 110 Å². The number of hydrogen-bond acceptors (Lipinski definition) is 5. The molecule has 1 rings (SSSR count). The molecular weight excluding hydrogens is 252 g/mol. The quantitative estimate of drug-likeness (QED) is 0.552. The van der Waals surface area contributed by atoms with Gasteiger partial charge in [-0.25, -0.2) is 0 Å². The van der Waals surface area contributed by atoms with Crippen LogP contribution in [0.2, 0.25) is 0 Å². The van der Waals surface area contributed by atoms with Crippen LogP contribution in [0, 0.1) is 10.1 Å². The van der Waals surface area contributed by atoms with Gasteiger partial charge in [0.25, 0.3) is 0 Å². The average Bonchev–Trinajstić information content (AvgIpc) is 2.74. The summed E-state index contributed by atoms with van der Waals surface area (Å²) in [5.74, 6) is -0.407. The Labute approximate surface area is 110 Å². The van der Waals surface area contributed by atoms with Gasteiger partial charge >= 0.3 is 5.82 Å². The number of aliphatic hydroxyl groups excluding tert-OH is 1. The van der Waals surface area contributed by atoms with Gasteiger partial charge in [-0.3, -0.25) is 4.79 Å². The van der Waals surface area contributed by atoms with E-state index < -0.39 is 10.5 Å². The number of aliphatic hydroxyl groups is 1. The van der Waals surface area contributed by atoms with Crippen molar-refractivity contribution >= 4 is 11.7 Å². The maximum Gasteiger partial charge on any atom is 0.381 e. The van der Waals surface area contributed by atoms with Crippen LogP contribution >= 0.6 is 0 Å². The first-order valence-electron chi connectivity index (χ1n) is 5.92. The molecule has 0 radical (unpaired) electrons. The molecule has 0 fully saturated rings. The molecule has 1 aromatic heterocycles. The van der Waals surface area contributed by atoms with Gasteiger partial charge in [0.05, 0.1) is 0 Å². The molecule has 0 atom stereocenters. The lowest BCUT2D eigenvalue weighted by molar-refractivity contribution is -0.389. The minimum absolute atomic E-state index is 0.000987. The summed E-state index contributed by atoms with van der Waals surface area (Å²) in [6.45, 7) is 3.97. The predicted octanol–water partition coefficient (Wildman–Crippen LogP) is 0.459. The van der Waals surface area contributed by atoms with Crippen LogP contribution in [0.3, 0.4) is 0 Å². The maximum absolute atomic E-state index is 11.7. The minimum atomic E-state index is -0.582. The van der Waals surface area contributed by atoms with Crippen molar-refractivity contribution < 1.29 is 14.8 Å². The third-order valence-corrected chi connectivity index (χ3v) is 2.62. The number of nitro groups is 1. The van der Waals surface area contributed by atoms with Gasteiger partial charge < -0.3 is 25.1 Å². The zero-order valence-electron chi connectivity index (χ0n) is 11.0. The van der Waals surface area contributed by atoms with Crippen LogP contribution < -0.4 is 5.32 Å². The number of aryl methyl sites for hydroxylation is 1. The van der Waals surface area contributed by atoms with Gasteiger partial charge in [0, 0.05) is 25.1 Å². The number of hydrogen-bond donors (Lipinski definition) is 2. The Balaban J connectivity index is 2.43. The number of carbonyl (C=O) groups is 1. The number of nitrogens with zero attached hydrogens (tertiary/aromatic N) is 3. The van der Waals surface area contributed by atoms with Crippen LogP contribution in [-0.4, -0.2) is 37.6 Å². The number of amides is 1. The first kappa shape index (κ1) is 15.1. The third-order valence-electron chi connectivity index (χ3n) is 2.62. The van der Waals surface area contributed by atoms with E-state index in [1.807, 2.05) is 13.8 Å². The van der Waals surface area contributed by atoms with Gasteiger partial charge in [0.1, 0.15) is 6.20 Å². The van der Waals surface area contributed by atoms with Crippen molar-refractivity contribution in [3.05, 3.63) is 22.6 Å². The second-order valence-corrected chi connectivity index (χ2v) is 4.88. The van der Waals surface area contributed by atoms with Gasteiger partial charge in [-0.05, 0) is 30.2 Å². The molecule has 19 heavy (non-hydrogen) atoms. The maximum atomic E-state index is 11.7. The van der Waals surface area contributed by atoms with Crippen molar-refractivity contribution in [1.82, 2.24) is 14.9 Å². The van der Waals surface area contributed by atoms with Crippen LogP contribution in [0.4, 0.5) is 5.82 Å². The molecule has 0 aliphatic carbocycles. The van der Waals surface area contributed by atoms with Crippen molar-refractivity contribution in [1.29, 1.82) is 0 Å². The minimum Gasteiger partial charge on any atom is -0.396 e. The summed E-state index contributed by atoms with van der Waals surface area (Å²) < 4.78 is 1.50. The van der Waals surface area contributed by atoms with E-state index in [4.69, 9.17) is 5.11 Å². The summed E-state index contributed by atoms with van der Waals surface area (Å²) in [5, 5.41) is 22.1. The van der Waals surface area contributed by atoms with E-state index in [0.29, 0.717) is 13.0 Å². The molecular formula is C11H18N4O4. The fraction of sp³-hybridized carbons (Fsp3) is 0.636. The van der Waals surface area contributed by atoms with Crippen LogP contribution in [-0.2, 0) is 11.3 Å². The molecule has 106 valence electrons. The van der Waals surface area contributed by atoms with Gasteiger partial charge in [-0.2, -0.15) is 0 Å². The van der Waals surface area contributed by atoms with E-state index in [2.05, 4.69) is 10.3 Å². The summed E-state index contributed by atoms with van der Waals surface area (Å²) in [7, 11) is 0. The van der Waals surface area contributed by atoms with Crippen LogP contribution in [0.1, 0.15) is 26.7 Å². The summed E-state index contributed by atoms with van der Waals surface area (Å²) in [5.41, 5.74) is -0.466.